The van der Waals surface area contributed by atoms with E-state index in [0.717, 1.165) is 11.1 Å². The van der Waals surface area contributed by atoms with E-state index < -0.39 is 0 Å². The first-order valence-electron chi connectivity index (χ1n) is 7.97. The largest absolute Gasteiger partial charge is 0.496 e. The smallest absolute Gasteiger partial charge is 0.128 e. The quantitative estimate of drug-likeness (QED) is 0.471. The van der Waals surface area contributed by atoms with E-state index in [-0.39, 0.29) is 16.7 Å². The molecule has 3 aromatic rings. The number of hydrogen-bond acceptors (Lipinski definition) is 5. The van der Waals surface area contributed by atoms with Crippen LogP contribution in [-0.4, -0.2) is 17.5 Å². The van der Waals surface area contributed by atoms with E-state index in [1.807, 2.05) is 18.2 Å². The summed E-state index contributed by atoms with van der Waals surface area (Å²) in [6.45, 7) is 0. The van der Waals surface area contributed by atoms with Crippen LogP contribution in [0.2, 0.25) is 0 Å². The summed E-state index contributed by atoms with van der Waals surface area (Å²) in [5.74, 6) is 0.288. The van der Waals surface area contributed by atoms with Crippen LogP contribution in [0.25, 0.3) is 11.1 Å². The Morgan fingerprint density at radius 2 is 1.77 bits per heavy atom. The van der Waals surface area contributed by atoms with Crippen LogP contribution in [0, 0.1) is 5.82 Å². The second-order valence-electron chi connectivity index (χ2n) is 5.86. The number of anilines is 2. The predicted octanol–water partition coefficient (Wildman–Crippen LogP) is 4.26. The third-order valence-electron chi connectivity index (χ3n) is 4.19. The highest BCUT2D eigenvalue weighted by atomic mass is 19.1. The molecular weight excluding hydrogens is 335 g/mol. The molecule has 0 saturated heterocycles. The van der Waals surface area contributed by atoms with Crippen molar-refractivity contribution in [1.82, 2.24) is 0 Å². The van der Waals surface area contributed by atoms with Gasteiger partial charge < -0.3 is 10.5 Å². The van der Waals surface area contributed by atoms with Crippen molar-refractivity contribution in [3.05, 3.63) is 77.6 Å². The van der Waals surface area contributed by atoms with Crippen molar-refractivity contribution in [3.8, 4) is 16.9 Å². The number of nitrogens with two attached hydrogens (primary N) is 1. The minimum absolute atomic E-state index is 0.0501. The average molecular weight is 354 g/mol. The highest BCUT2D eigenvalue weighted by Crippen LogP contribution is 2.39. The Hall–Kier alpha value is -3.09. The Bertz CT molecular complexity index is 911. The van der Waals surface area contributed by atoms with E-state index in [0.29, 0.717) is 29.0 Å². The molecule has 6 heteroatoms. The fraction of sp³-hybridized carbons (Fsp3) is 0.100. The first-order chi connectivity index (χ1) is 12.5. The summed E-state index contributed by atoms with van der Waals surface area (Å²) in [4.78, 5) is 0. The molecule has 0 atom stereocenters. The number of halogens is 1. The highest BCUT2D eigenvalue weighted by molar-refractivity contribution is 5.85. The van der Waals surface area contributed by atoms with Gasteiger partial charge in [0.05, 0.1) is 12.8 Å². The molecular formula is C20H19FN2O3. The molecule has 0 saturated carbocycles. The first kappa shape index (κ1) is 17.7. The van der Waals surface area contributed by atoms with Crippen molar-refractivity contribution in [3.63, 3.8) is 0 Å². The lowest BCUT2D eigenvalue weighted by atomic mass is 9.95. The maximum Gasteiger partial charge on any atom is 0.128 e. The highest BCUT2D eigenvalue weighted by Gasteiger charge is 2.15. The second kappa shape index (κ2) is 7.43. The molecule has 3 aromatic carbocycles. The molecule has 5 nitrogen and oxygen atoms in total. The van der Waals surface area contributed by atoms with Crippen LogP contribution in [0.3, 0.4) is 0 Å². The minimum Gasteiger partial charge on any atom is -0.496 e. The maximum atomic E-state index is 13.1. The molecule has 4 N–H and O–H groups in total. The van der Waals surface area contributed by atoms with Crippen molar-refractivity contribution >= 4 is 11.4 Å². The van der Waals surface area contributed by atoms with Crippen LogP contribution in [-0.2, 0) is 6.42 Å². The number of nitrogens with zero attached hydrogens (tertiary/aromatic N) is 1. The van der Waals surface area contributed by atoms with E-state index >= 15 is 0 Å². The second-order valence-corrected chi connectivity index (χ2v) is 5.86. The molecule has 0 aromatic heterocycles. The van der Waals surface area contributed by atoms with Gasteiger partial charge >= 0.3 is 0 Å². The summed E-state index contributed by atoms with van der Waals surface area (Å²) in [6.07, 6.45) is 0.537. The van der Waals surface area contributed by atoms with Gasteiger partial charge in [0, 0.05) is 11.3 Å². The van der Waals surface area contributed by atoms with E-state index in [2.05, 4.69) is 0 Å². The van der Waals surface area contributed by atoms with Crippen molar-refractivity contribution in [2.24, 2.45) is 0 Å². The van der Waals surface area contributed by atoms with Gasteiger partial charge in [-0.3, -0.25) is 10.4 Å². The third kappa shape index (κ3) is 3.61. The normalized spacial score (nSPS) is 10.6. The van der Waals surface area contributed by atoms with Crippen LogP contribution in [0.1, 0.15) is 11.1 Å². The van der Waals surface area contributed by atoms with Gasteiger partial charge in [0.15, 0.2) is 0 Å². The summed E-state index contributed by atoms with van der Waals surface area (Å²) in [5.41, 5.74) is 10.3. The van der Waals surface area contributed by atoms with Crippen LogP contribution >= 0.6 is 0 Å². The van der Waals surface area contributed by atoms with Gasteiger partial charge in [0.25, 0.3) is 0 Å². The third-order valence-corrected chi connectivity index (χ3v) is 4.19. The lowest BCUT2D eigenvalue weighted by Gasteiger charge is -2.17. The zero-order valence-corrected chi connectivity index (χ0v) is 14.2. The van der Waals surface area contributed by atoms with Gasteiger partial charge in [-0.15, -0.1) is 5.23 Å². The lowest BCUT2D eigenvalue weighted by molar-refractivity contribution is 0.0292. The minimum atomic E-state index is -0.286. The van der Waals surface area contributed by atoms with E-state index in [1.54, 1.807) is 37.4 Å². The maximum absolute atomic E-state index is 13.1. The molecule has 0 aliphatic carbocycles. The van der Waals surface area contributed by atoms with Gasteiger partial charge in [-0.05, 0) is 53.4 Å². The molecule has 0 heterocycles. The van der Waals surface area contributed by atoms with Gasteiger partial charge in [-0.25, -0.2) is 4.39 Å². The number of hydrogen-bond donors (Lipinski definition) is 3. The zero-order chi connectivity index (χ0) is 18.7. The summed E-state index contributed by atoms with van der Waals surface area (Å²) in [5, 5.41) is 18.6. The van der Waals surface area contributed by atoms with Crippen molar-refractivity contribution in [2.45, 2.75) is 6.42 Å². The summed E-state index contributed by atoms with van der Waals surface area (Å²) >= 11 is 0. The van der Waals surface area contributed by atoms with E-state index in [1.165, 1.54) is 12.1 Å². The molecule has 0 unspecified atom stereocenters. The number of ether oxygens (including phenoxy) is 1. The summed E-state index contributed by atoms with van der Waals surface area (Å²) in [6, 6.07) is 16.6. The summed E-state index contributed by atoms with van der Waals surface area (Å²) in [7, 11) is 1.55. The topological polar surface area (TPSA) is 79.0 Å². The molecule has 0 aliphatic rings. The molecule has 0 amide bonds. The van der Waals surface area contributed by atoms with Crippen molar-refractivity contribution in [2.75, 3.05) is 18.1 Å². The van der Waals surface area contributed by atoms with Gasteiger partial charge in [-0.2, -0.15) is 0 Å². The molecule has 0 spiro atoms. The van der Waals surface area contributed by atoms with E-state index in [4.69, 9.17) is 10.5 Å². The van der Waals surface area contributed by atoms with Crippen molar-refractivity contribution < 1.29 is 19.5 Å². The SMILES string of the molecule is COc1ccc(Cc2ccc(F)cc2)c(N)c1-c1cccc(N(O)O)c1. The van der Waals surface area contributed by atoms with Gasteiger partial charge in [0.2, 0.25) is 0 Å². The van der Waals surface area contributed by atoms with Crippen LogP contribution in [0.4, 0.5) is 15.8 Å². The Labute approximate surface area is 150 Å². The van der Waals surface area contributed by atoms with Crippen LogP contribution in [0.5, 0.6) is 5.75 Å². The van der Waals surface area contributed by atoms with Crippen LogP contribution in [0.15, 0.2) is 60.7 Å². The number of nitrogen functional groups attached to an aromatic ring is 1. The molecule has 26 heavy (non-hydrogen) atoms. The van der Waals surface area contributed by atoms with Crippen molar-refractivity contribution in [1.29, 1.82) is 0 Å². The Morgan fingerprint density at radius 3 is 2.42 bits per heavy atom. The average Bonchev–Trinajstić information content (AvgIpc) is 2.65. The Kier molecular flexibility index (Phi) is 5.06. The fourth-order valence-electron chi connectivity index (χ4n) is 2.87. The summed E-state index contributed by atoms with van der Waals surface area (Å²) < 4.78 is 18.5. The lowest BCUT2D eigenvalue weighted by Crippen LogP contribution is -2.10. The molecule has 0 aliphatic heterocycles. The fourth-order valence-corrected chi connectivity index (χ4v) is 2.87. The standard InChI is InChI=1S/C20H19FN2O3/c1-26-18-10-7-15(11-13-5-8-16(21)9-6-13)20(22)19(18)14-3-2-4-17(12-14)23(24)25/h2-10,12,24-25H,11,22H2,1H3. The predicted molar refractivity (Wildman–Crippen MR) is 98.1 cm³/mol. The Balaban J connectivity index is 2.06. The monoisotopic (exact) mass is 354 g/mol. The number of benzene rings is 3. The molecule has 0 bridgehead atoms. The number of methoxy groups -OCH3 is 1. The molecule has 0 radical (unpaired) electrons. The number of rotatable bonds is 5. The van der Waals surface area contributed by atoms with E-state index in [9.17, 15) is 14.8 Å². The van der Waals surface area contributed by atoms with Gasteiger partial charge in [-0.1, -0.05) is 30.3 Å². The molecule has 3 rings (SSSR count). The zero-order valence-electron chi connectivity index (χ0n) is 14.2. The first-order valence-corrected chi connectivity index (χ1v) is 7.97. The Morgan fingerprint density at radius 1 is 1.04 bits per heavy atom. The molecule has 0 fully saturated rings. The van der Waals surface area contributed by atoms with Crippen LogP contribution < -0.4 is 15.7 Å². The van der Waals surface area contributed by atoms with Gasteiger partial charge in [0.1, 0.15) is 11.6 Å². The molecule has 134 valence electrons.